The average Bonchev–Trinajstić information content (AvgIpc) is 2.43. The van der Waals surface area contributed by atoms with Gasteiger partial charge in [-0.15, -0.1) is 11.3 Å². The van der Waals surface area contributed by atoms with Crippen LogP contribution in [0.4, 0.5) is 5.69 Å². The summed E-state index contributed by atoms with van der Waals surface area (Å²) in [6.45, 7) is 0. The zero-order valence-corrected chi connectivity index (χ0v) is 12.1. The van der Waals surface area contributed by atoms with Crippen LogP contribution < -0.4 is 15.2 Å². The first kappa shape index (κ1) is 12.1. The predicted molar refractivity (Wildman–Crippen MR) is 82.9 cm³/mol. The molecule has 1 aromatic carbocycles. The smallest absolute Gasteiger partial charge is 0.201 e. The molecule has 96 valence electrons. The normalized spacial score (nSPS) is 12.8. The summed E-state index contributed by atoms with van der Waals surface area (Å²) in [5.41, 5.74) is 3.23. The summed E-state index contributed by atoms with van der Waals surface area (Å²) in [6.07, 6.45) is 0. The first-order valence-electron chi connectivity index (χ1n) is 6.20. The minimum Gasteiger partial charge on any atom is -0.388 e. The number of benzene rings is 2. The van der Waals surface area contributed by atoms with Crippen LogP contribution in [0.15, 0.2) is 36.4 Å². The van der Waals surface area contributed by atoms with Gasteiger partial charge in [0.15, 0.2) is 0 Å². The summed E-state index contributed by atoms with van der Waals surface area (Å²) in [5, 5.41) is 4.37. The molecule has 1 N–H and O–H groups in total. The van der Waals surface area contributed by atoms with Crippen LogP contribution in [0.5, 0.6) is 0 Å². The lowest BCUT2D eigenvalue weighted by atomic mass is 10.2. The van der Waals surface area contributed by atoms with Crippen molar-refractivity contribution >= 4 is 27.2 Å². The van der Waals surface area contributed by atoms with Crippen LogP contribution in [0.1, 0.15) is 0 Å². The summed E-state index contributed by atoms with van der Waals surface area (Å²) in [5.74, 6) is 0. The Hall–Kier alpha value is -1.94. The van der Waals surface area contributed by atoms with Crippen molar-refractivity contribution in [3.8, 4) is 10.6 Å². The standard InChI is InChI=1S/C15H15N3S/c1-16-10-4-6-12-14(8-10)19-15-9-11(18(2)3)5-7-13(15)17-12/h4-9H,1-3H3/p+1/i2-1. The van der Waals surface area contributed by atoms with Gasteiger partial charge in [0.2, 0.25) is 5.36 Å². The molecule has 1 aliphatic carbocycles. The maximum atomic E-state index is 4.72. The van der Waals surface area contributed by atoms with E-state index >= 15 is 0 Å². The van der Waals surface area contributed by atoms with E-state index in [1.807, 2.05) is 7.05 Å². The molecule has 1 aromatic rings. The van der Waals surface area contributed by atoms with E-state index in [1.54, 1.807) is 11.3 Å². The molecule has 1 heterocycles. The second-order valence-corrected chi connectivity index (χ2v) is 5.78. The van der Waals surface area contributed by atoms with Crippen molar-refractivity contribution in [3.63, 3.8) is 0 Å². The molecule has 0 amide bonds. The Balaban J connectivity index is 2.34. The molecule has 0 saturated heterocycles. The fourth-order valence-electron chi connectivity index (χ4n) is 2.05. The third kappa shape index (κ3) is 2.19. The largest absolute Gasteiger partial charge is 0.388 e. The van der Waals surface area contributed by atoms with Crippen molar-refractivity contribution in [2.45, 2.75) is 0 Å². The Kier molecular flexibility index (Phi) is 2.95. The lowest BCUT2D eigenvalue weighted by molar-refractivity contribution is 0.814. The summed E-state index contributed by atoms with van der Waals surface area (Å²) < 4.78 is 3.32. The molecule has 0 atom stereocenters. The topological polar surface area (TPSA) is 27.9 Å². The highest BCUT2D eigenvalue weighted by molar-refractivity contribution is 7.21. The van der Waals surface area contributed by atoms with E-state index in [1.165, 1.54) is 14.9 Å². The van der Waals surface area contributed by atoms with Crippen LogP contribution in [0, 0.1) is 0 Å². The van der Waals surface area contributed by atoms with E-state index in [-0.39, 0.29) is 0 Å². The van der Waals surface area contributed by atoms with Crippen molar-refractivity contribution < 1.29 is 0 Å². The molecule has 0 bridgehead atoms. The second-order valence-electron chi connectivity index (χ2n) is 4.69. The second kappa shape index (κ2) is 4.63. The zero-order valence-electron chi connectivity index (χ0n) is 11.3. The first-order chi connectivity index (χ1) is 9.17. The predicted octanol–water partition coefficient (Wildman–Crippen LogP) is 2.47. The summed E-state index contributed by atoms with van der Waals surface area (Å²) >= 11 is 1.78. The molecule has 0 unspecified atom stereocenters. The Morgan fingerprint density at radius 2 is 1.95 bits per heavy atom. The Morgan fingerprint density at radius 3 is 2.68 bits per heavy atom. The van der Waals surface area contributed by atoms with Crippen molar-refractivity contribution in [3.05, 3.63) is 41.8 Å². The van der Waals surface area contributed by atoms with E-state index < -0.39 is 0 Å². The highest BCUT2D eigenvalue weighted by atomic mass is 32.1. The van der Waals surface area contributed by atoms with Gasteiger partial charge in [0.25, 0.3) is 0 Å². The number of aromatic nitrogens is 1. The number of hydrogen-bond donors (Lipinski definition) is 1. The van der Waals surface area contributed by atoms with Gasteiger partial charge >= 0.3 is 0 Å². The molecule has 0 aromatic heterocycles. The van der Waals surface area contributed by atoms with Crippen molar-refractivity contribution in [2.75, 3.05) is 26.5 Å². The molecule has 3 nitrogen and oxygen atoms in total. The minimum atomic E-state index is 1.05. The van der Waals surface area contributed by atoms with Gasteiger partial charge in [-0.1, -0.05) is 0 Å². The SMILES string of the molecule is CNc1ccc2nc3ccc(=[N+](C)[11CH3])cc-3sc2c1. The quantitative estimate of drug-likeness (QED) is 0.543. The average molecular weight is 269 g/mol. The number of rotatable bonds is 1. The van der Waals surface area contributed by atoms with E-state index in [0.29, 0.717) is 0 Å². The van der Waals surface area contributed by atoms with Crippen LogP contribution >= 0.6 is 11.3 Å². The van der Waals surface area contributed by atoms with Crippen LogP contribution in [0.3, 0.4) is 0 Å². The third-order valence-electron chi connectivity index (χ3n) is 3.17. The molecule has 19 heavy (non-hydrogen) atoms. The Bertz CT molecular complexity index is 785. The lowest BCUT2D eigenvalue weighted by Gasteiger charge is -2.07. The molecule has 2 aliphatic rings. The molecule has 0 radical (unpaired) electrons. The van der Waals surface area contributed by atoms with E-state index in [2.05, 4.69) is 60.4 Å². The molecule has 4 heteroatoms. The molecule has 1 aliphatic heterocycles. The minimum absolute atomic E-state index is 1.05. The molecule has 0 spiro atoms. The van der Waals surface area contributed by atoms with E-state index in [4.69, 9.17) is 4.98 Å². The van der Waals surface area contributed by atoms with Gasteiger partial charge < -0.3 is 5.32 Å². The van der Waals surface area contributed by atoms with Gasteiger partial charge in [0, 0.05) is 24.9 Å². The van der Waals surface area contributed by atoms with Gasteiger partial charge in [-0.25, -0.2) is 9.56 Å². The Labute approximate surface area is 116 Å². The monoisotopic (exact) mass is 269 g/mol. The van der Waals surface area contributed by atoms with Gasteiger partial charge in [0.1, 0.15) is 14.1 Å². The zero-order chi connectivity index (χ0) is 13.4. The van der Waals surface area contributed by atoms with Crippen molar-refractivity contribution in [1.29, 1.82) is 0 Å². The lowest BCUT2D eigenvalue weighted by Crippen LogP contribution is -2.21. The molecular formula is C15H16N3S+. The maximum absolute atomic E-state index is 4.72. The van der Waals surface area contributed by atoms with Gasteiger partial charge in [-0.2, -0.15) is 0 Å². The van der Waals surface area contributed by atoms with E-state index in [9.17, 15) is 0 Å². The number of hydrogen-bond acceptors (Lipinski definition) is 3. The maximum Gasteiger partial charge on any atom is 0.201 e. The molecule has 0 saturated carbocycles. The number of nitrogens with zero attached hydrogens (tertiary/aromatic N) is 2. The number of nitrogens with one attached hydrogen (secondary N) is 1. The highest BCUT2D eigenvalue weighted by Gasteiger charge is 2.08. The van der Waals surface area contributed by atoms with Crippen molar-refractivity contribution in [2.24, 2.45) is 0 Å². The van der Waals surface area contributed by atoms with Crippen LogP contribution in [0.25, 0.3) is 20.8 Å². The Morgan fingerprint density at radius 1 is 1.11 bits per heavy atom. The molecular weight excluding hydrogens is 253 g/mol. The molecule has 0 fully saturated rings. The van der Waals surface area contributed by atoms with E-state index in [0.717, 1.165) is 16.9 Å². The number of anilines is 1. The van der Waals surface area contributed by atoms with Crippen LogP contribution in [0.2, 0.25) is 0 Å². The van der Waals surface area contributed by atoms with Gasteiger partial charge in [0.05, 0.1) is 20.8 Å². The van der Waals surface area contributed by atoms with Crippen LogP contribution in [-0.2, 0) is 0 Å². The van der Waals surface area contributed by atoms with Crippen molar-refractivity contribution in [1.82, 2.24) is 9.56 Å². The fraction of sp³-hybridized carbons (Fsp3) is 0.200. The summed E-state index contributed by atoms with van der Waals surface area (Å²) in [7, 11) is 6.04. The number of fused-ring (bicyclic) bond motifs is 2. The van der Waals surface area contributed by atoms with Crippen LogP contribution in [-0.4, -0.2) is 26.1 Å². The summed E-state index contributed by atoms with van der Waals surface area (Å²) in [6, 6.07) is 12.7. The third-order valence-corrected chi connectivity index (χ3v) is 4.26. The fourth-order valence-corrected chi connectivity index (χ4v) is 3.09. The highest BCUT2D eigenvalue weighted by Crippen LogP contribution is 2.30. The van der Waals surface area contributed by atoms with Gasteiger partial charge in [-0.05, 0) is 24.3 Å². The molecule has 3 rings (SSSR count). The summed E-state index contributed by atoms with van der Waals surface area (Å²) in [4.78, 5) is 5.93. The first-order valence-corrected chi connectivity index (χ1v) is 7.02. The van der Waals surface area contributed by atoms with Gasteiger partial charge in [-0.3, -0.25) is 0 Å².